The van der Waals surface area contributed by atoms with E-state index in [4.69, 9.17) is 14.6 Å². The Morgan fingerprint density at radius 3 is 2.36 bits per heavy atom. The van der Waals surface area contributed by atoms with E-state index in [1.165, 1.54) is 11.6 Å². The summed E-state index contributed by atoms with van der Waals surface area (Å²) in [5.41, 5.74) is 4.36. The van der Waals surface area contributed by atoms with Crippen LogP contribution in [-0.4, -0.2) is 49.2 Å². The molecular weight excluding hydrogens is 511 g/mol. The molecule has 3 aromatic rings. The highest BCUT2D eigenvalue weighted by Gasteiger charge is 2.50. The van der Waals surface area contributed by atoms with Gasteiger partial charge in [0.05, 0.1) is 35.4 Å². The molecule has 0 saturated carbocycles. The van der Waals surface area contributed by atoms with E-state index >= 15 is 0 Å². The molecule has 0 aliphatic carbocycles. The summed E-state index contributed by atoms with van der Waals surface area (Å²) >= 11 is 0. The first kappa shape index (κ1) is 25.5. The molecule has 0 aromatic heterocycles. The first-order valence-corrected chi connectivity index (χ1v) is 14.7. The number of nitrogens with zero attached hydrogens (tertiary/aromatic N) is 6. The first-order chi connectivity index (χ1) is 18.9. The summed E-state index contributed by atoms with van der Waals surface area (Å²) in [4.78, 5) is 14.0. The zero-order chi connectivity index (χ0) is 27.2. The van der Waals surface area contributed by atoms with Gasteiger partial charge in [-0.2, -0.15) is 5.10 Å². The fraction of sp³-hybridized carbons (Fsp3) is 0.276. The second-order valence-electron chi connectivity index (χ2n) is 10.3. The number of hydrogen-bond acceptors (Lipinski definition) is 6. The zero-order valence-electron chi connectivity index (χ0n) is 22.3. The molecule has 0 amide bonds. The summed E-state index contributed by atoms with van der Waals surface area (Å²) < 4.78 is 15.6. The third-order valence-electron chi connectivity index (χ3n) is 7.68. The van der Waals surface area contributed by atoms with Crippen molar-refractivity contribution >= 4 is 36.3 Å². The lowest BCUT2D eigenvalue weighted by Crippen LogP contribution is -2.38. The lowest BCUT2D eigenvalue weighted by Gasteiger charge is -2.42. The molecule has 3 heterocycles. The number of hydrazone groups is 1. The Bertz CT molecular complexity index is 1550. The van der Waals surface area contributed by atoms with Crippen molar-refractivity contribution in [3.63, 3.8) is 0 Å². The number of allylic oxidation sites excluding steroid dienone is 2. The van der Waals surface area contributed by atoms with Crippen LogP contribution in [0, 0.1) is 10.1 Å². The van der Waals surface area contributed by atoms with Crippen LogP contribution in [0.4, 0.5) is 22.7 Å². The fourth-order valence-corrected chi connectivity index (χ4v) is 9.75. The fourth-order valence-electron chi connectivity index (χ4n) is 5.92. The molecule has 1 fully saturated rings. The maximum absolute atomic E-state index is 12.1. The Balaban J connectivity index is 1.72. The van der Waals surface area contributed by atoms with Gasteiger partial charge >= 0.3 is 0 Å². The summed E-state index contributed by atoms with van der Waals surface area (Å²) in [6.07, 6.45) is 1.94. The third-order valence-corrected chi connectivity index (χ3v) is 11.2. The van der Waals surface area contributed by atoms with Gasteiger partial charge in [0.25, 0.3) is 5.69 Å². The smallest absolute Gasteiger partial charge is 0.294 e. The van der Waals surface area contributed by atoms with Crippen molar-refractivity contribution in [2.75, 3.05) is 43.0 Å². The minimum absolute atomic E-state index is 0.0169. The van der Waals surface area contributed by atoms with Crippen LogP contribution in [0.3, 0.4) is 0 Å². The topological polar surface area (TPSA) is 86.8 Å². The molecule has 200 valence electrons. The van der Waals surface area contributed by atoms with Crippen LogP contribution in [0.2, 0.25) is 0 Å². The molecule has 3 aliphatic heterocycles. The van der Waals surface area contributed by atoms with E-state index in [2.05, 4.69) is 54.7 Å². The summed E-state index contributed by atoms with van der Waals surface area (Å²) in [7, 11) is -0.834. The number of nitro groups is 1. The van der Waals surface area contributed by atoms with E-state index in [1.807, 2.05) is 41.3 Å². The first-order valence-electron chi connectivity index (χ1n) is 13.0. The average molecular weight is 543 g/mol. The average Bonchev–Trinajstić information content (AvgIpc) is 3.42. The van der Waals surface area contributed by atoms with Gasteiger partial charge in [0.1, 0.15) is 5.69 Å². The Hall–Kier alpha value is -3.78. The van der Waals surface area contributed by atoms with Gasteiger partial charge in [-0.05, 0) is 29.8 Å². The number of morpholine rings is 1. The maximum atomic E-state index is 12.1. The minimum Gasteiger partial charge on any atom is -0.379 e. The maximum Gasteiger partial charge on any atom is 0.294 e. The Morgan fingerprint density at radius 1 is 0.974 bits per heavy atom. The molecular formula is C29H31N6O3P. The molecule has 9 nitrogen and oxygen atoms in total. The van der Waals surface area contributed by atoms with E-state index in [9.17, 15) is 10.1 Å². The molecule has 0 bridgehead atoms. The van der Waals surface area contributed by atoms with E-state index in [1.54, 1.807) is 18.2 Å². The lowest BCUT2D eigenvalue weighted by molar-refractivity contribution is -0.384. The van der Waals surface area contributed by atoms with E-state index < -0.39 is 7.36 Å². The van der Waals surface area contributed by atoms with Gasteiger partial charge in [0, 0.05) is 43.0 Å². The van der Waals surface area contributed by atoms with E-state index in [-0.39, 0.29) is 16.0 Å². The number of rotatable bonds is 4. The molecule has 6 rings (SSSR count). The van der Waals surface area contributed by atoms with Crippen LogP contribution in [0.15, 0.2) is 99.7 Å². The molecule has 10 heteroatoms. The number of ether oxygens (including phenoxy) is 1. The standard InChI is InChI=1S/C29H31N6O3P/c1-29(2)23-13-7-9-15-25(23)32(3)28(29)27-21-30-34(22-11-5-4-6-12-22)39(27,33-17-19-38-20-18-33)31-24-14-8-10-16-26(24)35(36)37/h4-16,21H,17-20H2,1-3H3/b28-27+. The number of anilines is 2. The van der Waals surface area contributed by atoms with Crippen LogP contribution in [0.5, 0.6) is 0 Å². The molecule has 0 radical (unpaired) electrons. The monoisotopic (exact) mass is 542 g/mol. The van der Waals surface area contributed by atoms with Crippen molar-refractivity contribution in [3.8, 4) is 0 Å². The normalized spacial score (nSPS) is 24.2. The van der Waals surface area contributed by atoms with Gasteiger partial charge in [-0.25, -0.2) is 14.2 Å². The van der Waals surface area contributed by atoms with Crippen molar-refractivity contribution < 1.29 is 9.66 Å². The van der Waals surface area contributed by atoms with E-state index in [0.717, 1.165) is 22.4 Å². The second kappa shape index (κ2) is 9.75. The predicted molar refractivity (Wildman–Crippen MR) is 157 cm³/mol. The molecule has 0 N–H and O–H groups in total. The molecule has 1 saturated heterocycles. The summed E-state index contributed by atoms with van der Waals surface area (Å²) in [5.74, 6) is 0. The quantitative estimate of drug-likeness (QED) is 0.206. The zero-order valence-corrected chi connectivity index (χ0v) is 23.2. The highest BCUT2D eigenvalue weighted by Crippen LogP contribution is 2.71. The van der Waals surface area contributed by atoms with Crippen molar-refractivity contribution in [2.24, 2.45) is 9.85 Å². The minimum atomic E-state index is -2.92. The van der Waals surface area contributed by atoms with Crippen LogP contribution < -0.4 is 9.68 Å². The summed E-state index contributed by atoms with van der Waals surface area (Å²) in [6.45, 7) is 6.85. The highest BCUT2D eigenvalue weighted by molar-refractivity contribution is 7.71. The number of fused-ring (bicyclic) bond motifs is 1. The van der Waals surface area contributed by atoms with Gasteiger partial charge in [-0.3, -0.25) is 10.1 Å². The van der Waals surface area contributed by atoms with Gasteiger partial charge in [0.2, 0.25) is 0 Å². The van der Waals surface area contributed by atoms with E-state index in [0.29, 0.717) is 32.0 Å². The van der Waals surface area contributed by atoms with Crippen molar-refractivity contribution in [1.82, 2.24) is 4.67 Å². The largest absolute Gasteiger partial charge is 0.379 e. The van der Waals surface area contributed by atoms with Crippen LogP contribution >= 0.6 is 7.36 Å². The van der Waals surface area contributed by atoms with Gasteiger partial charge < -0.3 is 9.64 Å². The SMILES string of the molecule is CN1/C(=C2\C=NN(c3ccccc3)P2(=Nc2ccccc2[N+](=O)[O-])N2CCOCC2)C(C)(C)c2ccccc21. The molecule has 1 unspecified atom stereocenters. The van der Waals surface area contributed by atoms with Crippen LogP contribution in [-0.2, 0) is 10.2 Å². The molecule has 39 heavy (non-hydrogen) atoms. The summed E-state index contributed by atoms with van der Waals surface area (Å²) in [5, 5.41) is 18.1. The number of benzene rings is 3. The number of para-hydroxylation sites is 3. The molecule has 0 spiro atoms. The van der Waals surface area contributed by atoms with Crippen molar-refractivity contribution in [3.05, 3.63) is 106 Å². The highest BCUT2D eigenvalue weighted by atomic mass is 31.2. The Kier molecular flexibility index (Phi) is 6.38. The van der Waals surface area contributed by atoms with Crippen LogP contribution in [0.1, 0.15) is 19.4 Å². The van der Waals surface area contributed by atoms with Gasteiger partial charge in [-0.15, -0.1) is 0 Å². The second-order valence-corrected chi connectivity index (χ2v) is 13.0. The molecule has 3 aromatic carbocycles. The number of hydrogen-bond donors (Lipinski definition) is 0. The van der Waals surface area contributed by atoms with Gasteiger partial charge in [0.15, 0.2) is 7.36 Å². The third kappa shape index (κ3) is 4.00. The number of likely N-dealkylation sites (N-methyl/N-ethyl adjacent to an activating group) is 1. The Labute approximate surface area is 228 Å². The van der Waals surface area contributed by atoms with Crippen molar-refractivity contribution in [2.45, 2.75) is 19.3 Å². The molecule has 3 aliphatic rings. The Morgan fingerprint density at radius 2 is 1.64 bits per heavy atom. The van der Waals surface area contributed by atoms with Crippen molar-refractivity contribution in [1.29, 1.82) is 0 Å². The van der Waals surface area contributed by atoms with Crippen LogP contribution in [0.25, 0.3) is 0 Å². The lowest BCUT2D eigenvalue weighted by atomic mass is 9.84. The number of nitro benzene ring substituents is 1. The summed E-state index contributed by atoms with van der Waals surface area (Å²) in [6, 6.07) is 25.2. The predicted octanol–water partition coefficient (Wildman–Crippen LogP) is 6.73. The van der Waals surface area contributed by atoms with Gasteiger partial charge in [-0.1, -0.05) is 62.4 Å². The molecule has 1 atom stereocenters.